The number of amides is 1. The molecule has 0 aliphatic carbocycles. The zero-order valence-electron chi connectivity index (χ0n) is 12.0. The molecule has 114 valence electrons. The predicted octanol–water partition coefficient (Wildman–Crippen LogP) is 2.22. The number of rotatable bonds is 7. The van der Waals surface area contributed by atoms with Crippen LogP contribution in [0, 0.1) is 15.5 Å². The summed E-state index contributed by atoms with van der Waals surface area (Å²) in [6.45, 7) is 3.54. The lowest BCUT2D eigenvalue weighted by molar-refractivity contribution is -0.384. The van der Waals surface area contributed by atoms with Crippen LogP contribution in [0.2, 0.25) is 0 Å². The second-order valence-corrected chi connectivity index (χ2v) is 4.78. The van der Waals surface area contributed by atoms with Gasteiger partial charge in [0.25, 0.3) is 11.6 Å². The summed E-state index contributed by atoms with van der Waals surface area (Å²) in [5, 5.41) is 22.4. The number of carboxylic acids is 1. The molecule has 0 bridgehead atoms. The van der Waals surface area contributed by atoms with Crippen molar-refractivity contribution in [1.82, 2.24) is 5.32 Å². The number of nitrogens with one attached hydrogen (secondary N) is 1. The summed E-state index contributed by atoms with van der Waals surface area (Å²) in [5.41, 5.74) is -0.836. The van der Waals surface area contributed by atoms with E-state index >= 15 is 0 Å². The van der Waals surface area contributed by atoms with Crippen LogP contribution in [-0.4, -0.2) is 28.5 Å². The van der Waals surface area contributed by atoms with E-state index < -0.39 is 22.2 Å². The first-order valence-electron chi connectivity index (χ1n) is 6.62. The molecule has 0 saturated carbocycles. The highest BCUT2D eigenvalue weighted by Crippen LogP contribution is 2.25. The maximum absolute atomic E-state index is 12.0. The van der Waals surface area contributed by atoms with E-state index in [0.29, 0.717) is 12.8 Å². The van der Waals surface area contributed by atoms with Gasteiger partial charge in [-0.15, -0.1) is 0 Å². The lowest BCUT2D eigenvalue weighted by Crippen LogP contribution is -2.42. The lowest BCUT2D eigenvalue weighted by Gasteiger charge is -2.26. The van der Waals surface area contributed by atoms with Gasteiger partial charge >= 0.3 is 5.97 Å². The van der Waals surface area contributed by atoms with Gasteiger partial charge in [-0.3, -0.25) is 19.7 Å². The summed E-state index contributed by atoms with van der Waals surface area (Å²) in [6.07, 6.45) is 0.804. The van der Waals surface area contributed by atoms with Gasteiger partial charge in [-0.25, -0.2) is 0 Å². The molecule has 7 heteroatoms. The molecule has 0 saturated heterocycles. The Morgan fingerprint density at radius 3 is 2.14 bits per heavy atom. The number of nitrogens with zero attached hydrogens (tertiary/aromatic N) is 1. The van der Waals surface area contributed by atoms with Crippen LogP contribution in [0.1, 0.15) is 37.0 Å². The fourth-order valence-corrected chi connectivity index (χ4v) is 1.96. The minimum atomic E-state index is -0.990. The van der Waals surface area contributed by atoms with Crippen molar-refractivity contribution in [3.05, 3.63) is 39.9 Å². The monoisotopic (exact) mass is 294 g/mol. The van der Waals surface area contributed by atoms with Crippen LogP contribution in [0.3, 0.4) is 0 Å². The number of hydrogen-bond donors (Lipinski definition) is 2. The van der Waals surface area contributed by atoms with E-state index in [0.717, 1.165) is 0 Å². The Kier molecular flexibility index (Phi) is 5.40. The number of carbonyl (C=O) groups excluding carboxylic acids is 1. The zero-order valence-corrected chi connectivity index (χ0v) is 12.0. The standard InChI is InChI=1S/C14H18N2O5/c1-3-14(4-2,13(18)19)9-15-12(17)10-5-7-11(8-6-10)16(20)21/h5-8H,3-4,9H2,1-2H3,(H,15,17)(H,18,19). The van der Waals surface area contributed by atoms with Crippen molar-refractivity contribution in [3.8, 4) is 0 Å². The third-order valence-electron chi connectivity index (χ3n) is 3.73. The topological polar surface area (TPSA) is 110 Å². The minimum Gasteiger partial charge on any atom is -0.481 e. The smallest absolute Gasteiger partial charge is 0.311 e. The van der Waals surface area contributed by atoms with E-state index in [9.17, 15) is 24.8 Å². The second-order valence-electron chi connectivity index (χ2n) is 4.78. The fourth-order valence-electron chi connectivity index (χ4n) is 1.96. The number of nitro groups is 1. The SMILES string of the molecule is CCC(CC)(CNC(=O)c1ccc([N+](=O)[O-])cc1)C(=O)O. The minimum absolute atomic E-state index is 0.0190. The number of benzene rings is 1. The molecule has 7 nitrogen and oxygen atoms in total. The van der Waals surface area contributed by atoms with E-state index in [2.05, 4.69) is 5.32 Å². The third kappa shape index (κ3) is 3.77. The van der Waals surface area contributed by atoms with E-state index in [1.54, 1.807) is 13.8 Å². The molecule has 0 aliphatic rings. The highest BCUT2D eigenvalue weighted by Gasteiger charge is 2.35. The molecule has 0 aromatic heterocycles. The molecule has 1 amide bonds. The molecule has 0 heterocycles. The summed E-state index contributed by atoms with van der Waals surface area (Å²) in [6, 6.07) is 5.15. The molecule has 1 rings (SSSR count). The maximum Gasteiger partial charge on any atom is 0.311 e. The molecule has 0 fully saturated rings. The summed E-state index contributed by atoms with van der Waals surface area (Å²) >= 11 is 0. The van der Waals surface area contributed by atoms with Gasteiger partial charge in [-0.2, -0.15) is 0 Å². The van der Waals surface area contributed by atoms with Gasteiger partial charge in [-0.05, 0) is 25.0 Å². The molecule has 21 heavy (non-hydrogen) atoms. The van der Waals surface area contributed by atoms with Gasteiger partial charge in [0.1, 0.15) is 0 Å². The largest absolute Gasteiger partial charge is 0.481 e. The Bertz CT molecular complexity index is 535. The number of hydrogen-bond acceptors (Lipinski definition) is 4. The van der Waals surface area contributed by atoms with E-state index in [-0.39, 0.29) is 17.8 Å². The van der Waals surface area contributed by atoms with Crippen molar-refractivity contribution >= 4 is 17.6 Å². The molecular formula is C14H18N2O5. The summed E-state index contributed by atoms with van der Waals surface area (Å²) in [4.78, 5) is 33.3. The van der Waals surface area contributed by atoms with Crippen LogP contribution in [0.4, 0.5) is 5.69 Å². The Hall–Kier alpha value is -2.44. The summed E-state index contributed by atoms with van der Waals surface area (Å²) in [7, 11) is 0. The first kappa shape index (κ1) is 16.6. The lowest BCUT2D eigenvalue weighted by atomic mass is 9.82. The number of aliphatic carboxylic acids is 1. The van der Waals surface area contributed by atoms with Crippen LogP contribution in [-0.2, 0) is 4.79 Å². The van der Waals surface area contributed by atoms with E-state index in [1.807, 2.05) is 0 Å². The zero-order chi connectivity index (χ0) is 16.0. The van der Waals surface area contributed by atoms with Gasteiger partial charge in [0.2, 0.25) is 0 Å². The molecule has 0 atom stereocenters. The first-order chi connectivity index (χ1) is 9.86. The Balaban J connectivity index is 2.77. The Morgan fingerprint density at radius 2 is 1.76 bits per heavy atom. The van der Waals surface area contributed by atoms with Gasteiger partial charge < -0.3 is 10.4 Å². The average molecular weight is 294 g/mol. The van der Waals surface area contributed by atoms with Crippen molar-refractivity contribution in [2.75, 3.05) is 6.54 Å². The molecule has 0 spiro atoms. The van der Waals surface area contributed by atoms with Crippen LogP contribution >= 0.6 is 0 Å². The van der Waals surface area contributed by atoms with Crippen molar-refractivity contribution in [3.63, 3.8) is 0 Å². The van der Waals surface area contributed by atoms with Gasteiger partial charge in [0.15, 0.2) is 0 Å². The van der Waals surface area contributed by atoms with E-state index in [1.165, 1.54) is 24.3 Å². The second kappa shape index (κ2) is 6.83. The highest BCUT2D eigenvalue weighted by atomic mass is 16.6. The van der Waals surface area contributed by atoms with Crippen molar-refractivity contribution in [2.24, 2.45) is 5.41 Å². The van der Waals surface area contributed by atoms with Gasteiger partial charge in [0, 0.05) is 24.2 Å². The molecule has 0 aliphatic heterocycles. The summed E-state index contributed by atoms with van der Waals surface area (Å²) < 4.78 is 0. The highest BCUT2D eigenvalue weighted by molar-refractivity contribution is 5.94. The van der Waals surface area contributed by atoms with Crippen molar-refractivity contribution in [2.45, 2.75) is 26.7 Å². The van der Waals surface area contributed by atoms with Crippen LogP contribution in [0.15, 0.2) is 24.3 Å². The van der Waals surface area contributed by atoms with Crippen molar-refractivity contribution < 1.29 is 19.6 Å². The molecule has 1 aromatic carbocycles. The fraction of sp³-hybridized carbons (Fsp3) is 0.429. The molecule has 0 unspecified atom stereocenters. The summed E-state index contributed by atoms with van der Waals surface area (Å²) in [5.74, 6) is -1.39. The number of carbonyl (C=O) groups is 2. The quantitative estimate of drug-likeness (QED) is 0.592. The molecule has 0 radical (unpaired) electrons. The number of non-ortho nitro benzene ring substituents is 1. The van der Waals surface area contributed by atoms with Crippen LogP contribution in [0.25, 0.3) is 0 Å². The third-order valence-corrected chi connectivity index (χ3v) is 3.73. The Labute approximate surface area is 122 Å². The molecule has 1 aromatic rings. The van der Waals surface area contributed by atoms with Gasteiger partial charge in [-0.1, -0.05) is 13.8 Å². The average Bonchev–Trinajstić information content (AvgIpc) is 2.48. The Morgan fingerprint density at radius 1 is 1.24 bits per heavy atom. The van der Waals surface area contributed by atoms with E-state index in [4.69, 9.17) is 0 Å². The molecule has 2 N–H and O–H groups in total. The first-order valence-corrected chi connectivity index (χ1v) is 6.62. The van der Waals surface area contributed by atoms with Crippen LogP contribution in [0.5, 0.6) is 0 Å². The molecular weight excluding hydrogens is 276 g/mol. The number of carboxylic acid groups (broad SMARTS) is 1. The van der Waals surface area contributed by atoms with Gasteiger partial charge in [0.05, 0.1) is 10.3 Å². The van der Waals surface area contributed by atoms with Crippen molar-refractivity contribution in [1.29, 1.82) is 0 Å². The number of nitro benzene ring substituents is 1. The normalized spacial score (nSPS) is 11.0. The maximum atomic E-state index is 12.0. The predicted molar refractivity (Wildman–Crippen MR) is 76.1 cm³/mol. The van der Waals surface area contributed by atoms with Crippen LogP contribution < -0.4 is 5.32 Å².